The number of aliphatic carboxylic acids is 1. The number of hydrogen-bond donors (Lipinski definition) is 1. The highest BCUT2D eigenvalue weighted by Crippen LogP contribution is 2.19. The first-order valence-corrected chi connectivity index (χ1v) is 8.53. The van der Waals surface area contributed by atoms with E-state index in [1.165, 1.54) is 0 Å². The Morgan fingerprint density at radius 2 is 1.83 bits per heavy atom. The predicted octanol–water partition coefficient (Wildman–Crippen LogP) is 2.10. The Bertz CT molecular complexity index is 551. The number of carbonyl (C=O) groups is 2. The number of hydrogen-bond acceptors (Lipinski definition) is 4. The first-order chi connectivity index (χ1) is 11.5. The summed E-state index contributed by atoms with van der Waals surface area (Å²) in [6, 6.07) is 7.45. The molecule has 0 atom stereocenters. The lowest BCUT2D eigenvalue weighted by molar-refractivity contribution is -0.139. The average molecular weight is 334 g/mol. The molecule has 6 nitrogen and oxygen atoms in total. The summed E-state index contributed by atoms with van der Waals surface area (Å²) in [6.07, 6.45) is 1.62. The Morgan fingerprint density at radius 1 is 1.21 bits per heavy atom. The fourth-order valence-corrected chi connectivity index (χ4v) is 3.15. The normalized spacial score (nSPS) is 15.5. The second-order valence-corrected chi connectivity index (χ2v) is 5.94. The third-order valence-electron chi connectivity index (χ3n) is 4.42. The first kappa shape index (κ1) is 18.3. The number of amides is 1. The van der Waals surface area contributed by atoms with Gasteiger partial charge in [-0.2, -0.15) is 0 Å². The number of carboxylic acids is 1. The van der Waals surface area contributed by atoms with E-state index in [1.54, 1.807) is 12.1 Å². The van der Waals surface area contributed by atoms with Crippen LogP contribution in [0.25, 0.3) is 0 Å². The highest BCUT2D eigenvalue weighted by atomic mass is 16.5. The highest BCUT2D eigenvalue weighted by molar-refractivity contribution is 5.94. The van der Waals surface area contributed by atoms with Crippen LogP contribution in [0.4, 0.5) is 0 Å². The maximum Gasteiger partial charge on any atom is 0.317 e. The predicted molar refractivity (Wildman–Crippen MR) is 91.4 cm³/mol. The maximum atomic E-state index is 12.6. The van der Waals surface area contributed by atoms with Gasteiger partial charge in [-0.3, -0.25) is 14.5 Å². The number of ether oxygens (including phenoxy) is 1. The number of likely N-dealkylation sites (N-methyl/N-ethyl adjacent to an activating group) is 1. The number of carbonyl (C=O) groups excluding carboxylic acids is 1. The van der Waals surface area contributed by atoms with E-state index < -0.39 is 5.97 Å². The van der Waals surface area contributed by atoms with Crippen molar-refractivity contribution in [3.05, 3.63) is 29.8 Å². The minimum absolute atomic E-state index is 0.0257. The Balaban J connectivity index is 1.91. The Morgan fingerprint density at radius 3 is 2.33 bits per heavy atom. The summed E-state index contributed by atoms with van der Waals surface area (Å²) < 4.78 is 5.39. The van der Waals surface area contributed by atoms with Crippen LogP contribution >= 0.6 is 0 Å². The van der Waals surface area contributed by atoms with E-state index in [2.05, 4.69) is 0 Å². The Hall–Kier alpha value is -2.08. The summed E-state index contributed by atoms with van der Waals surface area (Å²) in [6.45, 7) is 6.59. The van der Waals surface area contributed by atoms with Gasteiger partial charge in [0.05, 0.1) is 13.2 Å². The fraction of sp³-hybridized carbons (Fsp3) is 0.556. The number of nitrogens with zero attached hydrogens (tertiary/aromatic N) is 2. The molecule has 1 saturated heterocycles. The molecule has 132 valence electrons. The van der Waals surface area contributed by atoms with Crippen LogP contribution in [-0.4, -0.2) is 65.6 Å². The second-order valence-electron chi connectivity index (χ2n) is 5.94. The van der Waals surface area contributed by atoms with Gasteiger partial charge >= 0.3 is 5.97 Å². The lowest BCUT2D eigenvalue weighted by Crippen LogP contribution is -2.48. The minimum Gasteiger partial charge on any atom is -0.494 e. The van der Waals surface area contributed by atoms with Crippen molar-refractivity contribution in [1.82, 2.24) is 9.80 Å². The van der Waals surface area contributed by atoms with Gasteiger partial charge in [-0.15, -0.1) is 0 Å². The molecule has 1 amide bonds. The van der Waals surface area contributed by atoms with Crippen LogP contribution < -0.4 is 4.74 Å². The standard InChI is InChI=1S/C18H26N2O4/c1-3-19(13-17(21)22)15-9-11-20(12-10-15)18(23)14-5-7-16(8-6-14)24-4-2/h5-8,15H,3-4,9-13H2,1-2H3,(H,21,22). The van der Waals surface area contributed by atoms with Crippen molar-refractivity contribution >= 4 is 11.9 Å². The van der Waals surface area contributed by atoms with Gasteiger partial charge in [0, 0.05) is 24.7 Å². The van der Waals surface area contributed by atoms with E-state index in [1.807, 2.05) is 35.8 Å². The van der Waals surface area contributed by atoms with Crippen LogP contribution in [0.5, 0.6) is 5.75 Å². The van der Waals surface area contributed by atoms with E-state index in [0.29, 0.717) is 31.8 Å². The molecular formula is C18H26N2O4. The fourth-order valence-electron chi connectivity index (χ4n) is 3.15. The minimum atomic E-state index is -0.801. The molecule has 1 aliphatic heterocycles. The maximum absolute atomic E-state index is 12.6. The van der Waals surface area contributed by atoms with Crippen LogP contribution in [0.3, 0.4) is 0 Å². The average Bonchev–Trinajstić information content (AvgIpc) is 2.60. The summed E-state index contributed by atoms with van der Waals surface area (Å²) in [5, 5.41) is 8.98. The molecule has 0 radical (unpaired) electrons. The number of benzene rings is 1. The van der Waals surface area contributed by atoms with Crippen LogP contribution in [0.1, 0.15) is 37.0 Å². The molecule has 0 unspecified atom stereocenters. The van der Waals surface area contributed by atoms with Crippen molar-refractivity contribution in [3.8, 4) is 5.75 Å². The van der Waals surface area contributed by atoms with Crippen molar-refractivity contribution in [3.63, 3.8) is 0 Å². The van der Waals surface area contributed by atoms with Gasteiger partial charge in [0.1, 0.15) is 5.75 Å². The summed E-state index contributed by atoms with van der Waals surface area (Å²) >= 11 is 0. The third-order valence-corrected chi connectivity index (χ3v) is 4.42. The van der Waals surface area contributed by atoms with Gasteiger partial charge in [-0.1, -0.05) is 6.92 Å². The molecule has 24 heavy (non-hydrogen) atoms. The monoisotopic (exact) mass is 334 g/mol. The number of carboxylic acid groups (broad SMARTS) is 1. The van der Waals surface area contributed by atoms with Crippen molar-refractivity contribution < 1.29 is 19.4 Å². The Labute approximate surface area is 143 Å². The van der Waals surface area contributed by atoms with E-state index in [-0.39, 0.29) is 18.5 Å². The largest absolute Gasteiger partial charge is 0.494 e. The SMILES string of the molecule is CCOc1ccc(C(=O)N2CCC(N(CC)CC(=O)O)CC2)cc1. The van der Waals surface area contributed by atoms with Crippen LogP contribution in [0.2, 0.25) is 0 Å². The molecule has 1 N–H and O–H groups in total. The lowest BCUT2D eigenvalue weighted by Gasteiger charge is -2.37. The van der Waals surface area contributed by atoms with Crippen molar-refractivity contribution in [1.29, 1.82) is 0 Å². The molecule has 1 aliphatic rings. The van der Waals surface area contributed by atoms with Gasteiger partial charge < -0.3 is 14.7 Å². The molecule has 6 heteroatoms. The molecule has 0 aliphatic carbocycles. The van der Waals surface area contributed by atoms with Crippen molar-refractivity contribution in [2.24, 2.45) is 0 Å². The molecule has 0 saturated carbocycles. The Kier molecular flexibility index (Phi) is 6.61. The van der Waals surface area contributed by atoms with Gasteiger partial charge in [0.2, 0.25) is 0 Å². The molecule has 0 aromatic heterocycles. The van der Waals surface area contributed by atoms with Gasteiger partial charge in [-0.25, -0.2) is 0 Å². The van der Waals surface area contributed by atoms with E-state index >= 15 is 0 Å². The summed E-state index contributed by atoms with van der Waals surface area (Å²) in [4.78, 5) is 27.3. The third kappa shape index (κ3) is 4.71. The van der Waals surface area contributed by atoms with Crippen LogP contribution in [0, 0.1) is 0 Å². The lowest BCUT2D eigenvalue weighted by atomic mass is 10.0. The molecule has 2 rings (SSSR count). The van der Waals surface area contributed by atoms with Gasteiger partial charge in [0.15, 0.2) is 0 Å². The zero-order chi connectivity index (χ0) is 17.5. The van der Waals surface area contributed by atoms with Gasteiger partial charge in [0.25, 0.3) is 5.91 Å². The van der Waals surface area contributed by atoms with Crippen molar-refractivity contribution in [2.45, 2.75) is 32.7 Å². The van der Waals surface area contributed by atoms with E-state index in [4.69, 9.17) is 9.84 Å². The molecule has 1 aromatic rings. The number of piperidine rings is 1. The van der Waals surface area contributed by atoms with Crippen LogP contribution in [0.15, 0.2) is 24.3 Å². The first-order valence-electron chi connectivity index (χ1n) is 8.53. The molecular weight excluding hydrogens is 308 g/mol. The smallest absolute Gasteiger partial charge is 0.317 e. The van der Waals surface area contributed by atoms with Crippen LogP contribution in [-0.2, 0) is 4.79 Å². The molecule has 0 spiro atoms. The molecule has 0 bridgehead atoms. The topological polar surface area (TPSA) is 70.1 Å². The van der Waals surface area contributed by atoms with Crippen molar-refractivity contribution in [2.75, 3.05) is 32.8 Å². The molecule has 1 fully saturated rings. The molecule has 1 aromatic carbocycles. The number of likely N-dealkylation sites (tertiary alicyclic amines) is 1. The van der Waals surface area contributed by atoms with E-state index in [9.17, 15) is 9.59 Å². The molecule has 1 heterocycles. The summed E-state index contributed by atoms with van der Waals surface area (Å²) in [5.74, 6) is -0.0115. The zero-order valence-electron chi connectivity index (χ0n) is 14.4. The van der Waals surface area contributed by atoms with Gasteiger partial charge in [-0.05, 0) is 50.6 Å². The quantitative estimate of drug-likeness (QED) is 0.827. The summed E-state index contributed by atoms with van der Waals surface area (Å²) in [5.41, 5.74) is 0.662. The second kappa shape index (κ2) is 8.68. The number of rotatable bonds is 7. The zero-order valence-corrected chi connectivity index (χ0v) is 14.4. The van der Waals surface area contributed by atoms with E-state index in [0.717, 1.165) is 18.6 Å². The highest BCUT2D eigenvalue weighted by Gasteiger charge is 2.27. The summed E-state index contributed by atoms with van der Waals surface area (Å²) in [7, 11) is 0.